The summed E-state index contributed by atoms with van der Waals surface area (Å²) in [5.41, 5.74) is -0.203. The number of nitrogens with zero attached hydrogens (tertiary/aromatic N) is 1. The fourth-order valence-corrected chi connectivity index (χ4v) is 5.06. The molecule has 2 fully saturated rings. The van der Waals surface area contributed by atoms with E-state index in [1.807, 2.05) is 0 Å². The minimum absolute atomic E-state index is 0.203. The smallest absolute Gasteiger partial charge is 0.109 e. The van der Waals surface area contributed by atoms with Gasteiger partial charge in [-0.3, -0.25) is 5.32 Å². The molecule has 0 spiro atoms. The van der Waals surface area contributed by atoms with Gasteiger partial charge in [0.25, 0.3) is 0 Å². The Kier molecular flexibility index (Phi) is 5.38. The van der Waals surface area contributed by atoms with E-state index in [4.69, 9.17) is 0 Å². The molecule has 0 aliphatic heterocycles. The maximum absolute atomic E-state index is 9.51. The second-order valence-corrected chi connectivity index (χ2v) is 7.18. The molecule has 2 rings (SSSR count). The zero-order valence-corrected chi connectivity index (χ0v) is 12.4. The number of thioether (sulfide) groups is 1. The molecule has 2 saturated carbocycles. The van der Waals surface area contributed by atoms with Gasteiger partial charge in [-0.25, -0.2) is 0 Å². The average Bonchev–Trinajstić information content (AvgIpc) is 3.01. The van der Waals surface area contributed by atoms with Crippen LogP contribution in [0.15, 0.2) is 0 Å². The highest BCUT2D eigenvalue weighted by Crippen LogP contribution is 2.39. The minimum Gasteiger partial charge on any atom is -0.299 e. The molecular formula is C15H26N2S. The van der Waals surface area contributed by atoms with Crippen molar-refractivity contribution >= 4 is 11.8 Å². The second kappa shape index (κ2) is 6.82. The van der Waals surface area contributed by atoms with Gasteiger partial charge in [-0.15, -0.1) is 0 Å². The Morgan fingerprint density at radius 1 is 1.28 bits per heavy atom. The summed E-state index contributed by atoms with van der Waals surface area (Å²) in [7, 11) is 0. The zero-order chi connectivity index (χ0) is 12.8. The van der Waals surface area contributed by atoms with Crippen LogP contribution in [0.4, 0.5) is 0 Å². The quantitative estimate of drug-likeness (QED) is 0.796. The van der Waals surface area contributed by atoms with Gasteiger partial charge in [-0.05, 0) is 50.3 Å². The third kappa shape index (κ3) is 3.22. The molecule has 1 N–H and O–H groups in total. The summed E-state index contributed by atoms with van der Waals surface area (Å²) in [5.74, 6) is 1.83. The van der Waals surface area contributed by atoms with Crippen molar-refractivity contribution in [1.29, 1.82) is 5.26 Å². The monoisotopic (exact) mass is 266 g/mol. The molecular weight excluding hydrogens is 240 g/mol. The molecule has 2 nitrogen and oxygen atoms in total. The minimum atomic E-state index is -0.203. The SMILES string of the molecule is CCNC1(C#N)CCCC1CCSC1CCCC1. The largest absolute Gasteiger partial charge is 0.299 e. The summed E-state index contributed by atoms with van der Waals surface area (Å²) >= 11 is 2.16. The highest BCUT2D eigenvalue weighted by atomic mass is 32.2. The fourth-order valence-electron chi connectivity index (χ4n) is 3.64. The summed E-state index contributed by atoms with van der Waals surface area (Å²) in [6.45, 7) is 3.03. The molecule has 0 aromatic carbocycles. The van der Waals surface area contributed by atoms with E-state index in [0.717, 1.165) is 18.2 Å². The summed E-state index contributed by atoms with van der Waals surface area (Å²) < 4.78 is 0. The van der Waals surface area contributed by atoms with Gasteiger partial charge in [0.05, 0.1) is 6.07 Å². The van der Waals surface area contributed by atoms with Crippen LogP contribution in [0.2, 0.25) is 0 Å². The Bertz CT molecular complexity index is 293. The molecule has 0 saturated heterocycles. The average molecular weight is 266 g/mol. The van der Waals surface area contributed by atoms with Crippen LogP contribution >= 0.6 is 11.8 Å². The highest BCUT2D eigenvalue weighted by molar-refractivity contribution is 7.99. The lowest BCUT2D eigenvalue weighted by Crippen LogP contribution is -2.47. The van der Waals surface area contributed by atoms with Gasteiger partial charge in [-0.2, -0.15) is 17.0 Å². The highest BCUT2D eigenvalue weighted by Gasteiger charge is 2.42. The summed E-state index contributed by atoms with van der Waals surface area (Å²) in [5, 5.41) is 13.9. The molecule has 2 unspecified atom stereocenters. The first-order valence-electron chi connectivity index (χ1n) is 7.58. The fraction of sp³-hybridized carbons (Fsp3) is 0.933. The molecule has 0 bridgehead atoms. The van der Waals surface area contributed by atoms with E-state index >= 15 is 0 Å². The van der Waals surface area contributed by atoms with Gasteiger partial charge in [0, 0.05) is 5.25 Å². The second-order valence-electron chi connectivity index (χ2n) is 5.77. The van der Waals surface area contributed by atoms with Crippen LogP contribution in [0.1, 0.15) is 58.3 Å². The number of nitrogens with one attached hydrogen (secondary N) is 1. The lowest BCUT2D eigenvalue weighted by atomic mass is 9.86. The predicted octanol–water partition coefficient (Wildman–Crippen LogP) is 3.72. The Labute approximate surface area is 116 Å². The van der Waals surface area contributed by atoms with Crippen LogP contribution in [0.25, 0.3) is 0 Å². The van der Waals surface area contributed by atoms with E-state index in [-0.39, 0.29) is 5.54 Å². The topological polar surface area (TPSA) is 35.8 Å². The van der Waals surface area contributed by atoms with Crippen molar-refractivity contribution in [1.82, 2.24) is 5.32 Å². The molecule has 2 aliphatic rings. The Morgan fingerprint density at radius 3 is 2.72 bits per heavy atom. The van der Waals surface area contributed by atoms with Crippen molar-refractivity contribution in [3.8, 4) is 6.07 Å². The van der Waals surface area contributed by atoms with Crippen molar-refractivity contribution in [3.63, 3.8) is 0 Å². The number of nitriles is 1. The predicted molar refractivity (Wildman–Crippen MR) is 78.7 cm³/mol. The first-order chi connectivity index (χ1) is 8.80. The normalized spacial score (nSPS) is 32.8. The van der Waals surface area contributed by atoms with E-state index < -0.39 is 0 Å². The van der Waals surface area contributed by atoms with E-state index in [2.05, 4.69) is 30.1 Å². The van der Waals surface area contributed by atoms with Crippen LogP contribution in [-0.4, -0.2) is 23.1 Å². The van der Waals surface area contributed by atoms with Crippen LogP contribution in [-0.2, 0) is 0 Å². The van der Waals surface area contributed by atoms with Gasteiger partial charge in [0.15, 0.2) is 0 Å². The summed E-state index contributed by atoms with van der Waals surface area (Å²) in [6, 6.07) is 2.59. The third-order valence-corrected chi connectivity index (χ3v) is 6.05. The van der Waals surface area contributed by atoms with Crippen LogP contribution < -0.4 is 5.32 Å². The van der Waals surface area contributed by atoms with Crippen molar-refractivity contribution in [2.45, 2.75) is 69.1 Å². The van der Waals surface area contributed by atoms with Gasteiger partial charge in [-0.1, -0.05) is 26.2 Å². The molecule has 0 radical (unpaired) electrons. The molecule has 18 heavy (non-hydrogen) atoms. The molecule has 102 valence electrons. The van der Waals surface area contributed by atoms with E-state index in [1.165, 1.54) is 50.7 Å². The van der Waals surface area contributed by atoms with Gasteiger partial charge < -0.3 is 0 Å². The first kappa shape index (κ1) is 14.2. The molecule has 3 heteroatoms. The number of rotatable bonds is 6. The van der Waals surface area contributed by atoms with Gasteiger partial charge in [0.1, 0.15) is 5.54 Å². The van der Waals surface area contributed by atoms with Crippen molar-refractivity contribution in [2.24, 2.45) is 5.92 Å². The lowest BCUT2D eigenvalue weighted by Gasteiger charge is -2.29. The van der Waals surface area contributed by atoms with Crippen LogP contribution in [0.3, 0.4) is 0 Å². The standard InChI is InChI=1S/C15H26N2S/c1-2-17-15(12-16)10-5-6-13(15)9-11-18-14-7-3-4-8-14/h13-14,17H,2-11H2,1H3. The maximum atomic E-state index is 9.51. The van der Waals surface area contributed by atoms with E-state index in [0.29, 0.717) is 5.92 Å². The molecule has 2 atom stereocenters. The number of hydrogen-bond acceptors (Lipinski definition) is 3. The maximum Gasteiger partial charge on any atom is 0.109 e. The van der Waals surface area contributed by atoms with Crippen molar-refractivity contribution in [3.05, 3.63) is 0 Å². The molecule has 0 amide bonds. The summed E-state index contributed by atoms with van der Waals surface area (Å²) in [6.07, 6.45) is 10.4. The Hall–Kier alpha value is -0.200. The number of hydrogen-bond donors (Lipinski definition) is 1. The van der Waals surface area contributed by atoms with Crippen molar-refractivity contribution in [2.75, 3.05) is 12.3 Å². The molecule has 0 aromatic heterocycles. The lowest BCUT2D eigenvalue weighted by molar-refractivity contribution is 0.317. The van der Waals surface area contributed by atoms with Gasteiger partial charge >= 0.3 is 0 Å². The summed E-state index contributed by atoms with van der Waals surface area (Å²) in [4.78, 5) is 0. The molecule has 0 aromatic rings. The molecule has 2 aliphatic carbocycles. The van der Waals surface area contributed by atoms with Gasteiger partial charge in [0.2, 0.25) is 0 Å². The first-order valence-corrected chi connectivity index (χ1v) is 8.63. The zero-order valence-electron chi connectivity index (χ0n) is 11.6. The van der Waals surface area contributed by atoms with E-state index in [9.17, 15) is 5.26 Å². The van der Waals surface area contributed by atoms with Crippen LogP contribution in [0.5, 0.6) is 0 Å². The van der Waals surface area contributed by atoms with Crippen molar-refractivity contribution < 1.29 is 0 Å². The Morgan fingerprint density at radius 2 is 2.06 bits per heavy atom. The Balaban J connectivity index is 1.78. The molecule has 0 heterocycles. The van der Waals surface area contributed by atoms with Crippen LogP contribution in [0, 0.1) is 17.2 Å². The van der Waals surface area contributed by atoms with E-state index in [1.54, 1.807) is 0 Å². The third-order valence-electron chi connectivity index (χ3n) is 4.63.